The standard InChI is InChI=1S/C9H17NO3/c1-9(2,10)8(11)13-6-7-4-3-5-12-7/h7H,3-6,10H2,1-2H3. The van der Waals surface area contributed by atoms with Gasteiger partial charge in [0.2, 0.25) is 0 Å². The quantitative estimate of drug-likeness (QED) is 0.651. The van der Waals surface area contributed by atoms with Gasteiger partial charge in [0, 0.05) is 6.61 Å². The van der Waals surface area contributed by atoms with E-state index in [1.807, 2.05) is 0 Å². The number of carbonyl (C=O) groups excluding carboxylic acids is 1. The molecule has 1 aliphatic heterocycles. The SMILES string of the molecule is CC(C)(N)C(=O)OCC1CCCO1. The molecule has 13 heavy (non-hydrogen) atoms. The van der Waals surface area contributed by atoms with Crippen LogP contribution in [0.4, 0.5) is 0 Å². The lowest BCUT2D eigenvalue weighted by Gasteiger charge is -2.18. The Morgan fingerprint density at radius 3 is 2.85 bits per heavy atom. The fourth-order valence-electron chi connectivity index (χ4n) is 1.13. The van der Waals surface area contributed by atoms with Gasteiger partial charge in [-0.05, 0) is 26.7 Å². The summed E-state index contributed by atoms with van der Waals surface area (Å²) >= 11 is 0. The van der Waals surface area contributed by atoms with Gasteiger partial charge >= 0.3 is 5.97 Å². The monoisotopic (exact) mass is 187 g/mol. The third-order valence-corrected chi connectivity index (χ3v) is 1.95. The first-order valence-electron chi connectivity index (χ1n) is 4.58. The van der Waals surface area contributed by atoms with Crippen LogP contribution in [0.2, 0.25) is 0 Å². The van der Waals surface area contributed by atoms with E-state index in [1.54, 1.807) is 13.8 Å². The molecule has 0 amide bonds. The highest BCUT2D eigenvalue weighted by Gasteiger charge is 2.25. The first kappa shape index (κ1) is 10.5. The van der Waals surface area contributed by atoms with Gasteiger partial charge in [0.15, 0.2) is 0 Å². The third kappa shape index (κ3) is 3.32. The summed E-state index contributed by atoms with van der Waals surface area (Å²) in [6.45, 7) is 4.36. The van der Waals surface area contributed by atoms with Gasteiger partial charge in [-0.15, -0.1) is 0 Å². The molecule has 0 aromatic rings. The van der Waals surface area contributed by atoms with Gasteiger partial charge in [-0.1, -0.05) is 0 Å². The van der Waals surface area contributed by atoms with Crippen LogP contribution in [-0.4, -0.2) is 30.8 Å². The molecular formula is C9H17NO3. The van der Waals surface area contributed by atoms with Crippen LogP contribution in [0, 0.1) is 0 Å². The van der Waals surface area contributed by atoms with E-state index in [-0.39, 0.29) is 12.1 Å². The highest BCUT2D eigenvalue weighted by molar-refractivity contribution is 5.79. The van der Waals surface area contributed by atoms with Crippen LogP contribution in [0.15, 0.2) is 0 Å². The summed E-state index contributed by atoms with van der Waals surface area (Å²) in [5, 5.41) is 0. The van der Waals surface area contributed by atoms with Crippen LogP contribution >= 0.6 is 0 Å². The molecule has 0 spiro atoms. The number of carbonyl (C=O) groups is 1. The van der Waals surface area contributed by atoms with Crippen LogP contribution < -0.4 is 5.73 Å². The predicted molar refractivity (Wildman–Crippen MR) is 48.2 cm³/mol. The summed E-state index contributed by atoms with van der Waals surface area (Å²) < 4.78 is 10.3. The van der Waals surface area contributed by atoms with Crippen molar-refractivity contribution in [3.05, 3.63) is 0 Å². The van der Waals surface area contributed by atoms with Crippen LogP contribution in [-0.2, 0) is 14.3 Å². The molecule has 4 nitrogen and oxygen atoms in total. The van der Waals surface area contributed by atoms with E-state index in [0.717, 1.165) is 19.4 Å². The smallest absolute Gasteiger partial charge is 0.325 e. The van der Waals surface area contributed by atoms with Crippen LogP contribution in [0.5, 0.6) is 0 Å². The molecule has 0 aromatic heterocycles. The van der Waals surface area contributed by atoms with E-state index in [1.165, 1.54) is 0 Å². The highest BCUT2D eigenvalue weighted by atomic mass is 16.6. The van der Waals surface area contributed by atoms with Crippen LogP contribution in [0.3, 0.4) is 0 Å². The zero-order valence-electron chi connectivity index (χ0n) is 8.21. The van der Waals surface area contributed by atoms with Crippen molar-refractivity contribution in [1.82, 2.24) is 0 Å². The largest absolute Gasteiger partial charge is 0.462 e. The highest BCUT2D eigenvalue weighted by Crippen LogP contribution is 2.12. The summed E-state index contributed by atoms with van der Waals surface area (Å²) in [6, 6.07) is 0. The normalized spacial score (nSPS) is 23.2. The summed E-state index contributed by atoms with van der Waals surface area (Å²) in [4.78, 5) is 11.2. The second-order valence-corrected chi connectivity index (χ2v) is 3.96. The number of esters is 1. The van der Waals surface area contributed by atoms with Crippen molar-refractivity contribution >= 4 is 5.97 Å². The Hall–Kier alpha value is -0.610. The van der Waals surface area contributed by atoms with Crippen LogP contribution in [0.1, 0.15) is 26.7 Å². The van der Waals surface area contributed by atoms with Crippen molar-refractivity contribution in [1.29, 1.82) is 0 Å². The third-order valence-electron chi connectivity index (χ3n) is 1.95. The molecule has 1 fully saturated rings. The molecule has 1 heterocycles. The van der Waals surface area contributed by atoms with Crippen LogP contribution in [0.25, 0.3) is 0 Å². The molecule has 1 atom stereocenters. The lowest BCUT2D eigenvalue weighted by Crippen LogP contribution is -2.43. The van der Waals surface area contributed by atoms with Gasteiger partial charge in [-0.3, -0.25) is 4.79 Å². The van der Waals surface area contributed by atoms with Gasteiger partial charge in [-0.2, -0.15) is 0 Å². The van der Waals surface area contributed by atoms with Crippen molar-refractivity contribution in [3.8, 4) is 0 Å². The van der Waals surface area contributed by atoms with E-state index in [9.17, 15) is 4.79 Å². The van der Waals surface area contributed by atoms with E-state index < -0.39 is 5.54 Å². The molecule has 0 aromatic carbocycles. The molecule has 0 bridgehead atoms. The lowest BCUT2D eigenvalue weighted by atomic mass is 10.1. The molecular weight excluding hydrogens is 170 g/mol. The van der Waals surface area contributed by atoms with Crippen molar-refractivity contribution < 1.29 is 14.3 Å². The Bertz CT molecular complexity index is 180. The van der Waals surface area contributed by atoms with Gasteiger partial charge in [0.25, 0.3) is 0 Å². The molecule has 4 heteroatoms. The number of ether oxygens (including phenoxy) is 2. The van der Waals surface area contributed by atoms with E-state index in [4.69, 9.17) is 15.2 Å². The zero-order valence-corrected chi connectivity index (χ0v) is 8.21. The van der Waals surface area contributed by atoms with Crippen molar-refractivity contribution in [2.45, 2.75) is 38.3 Å². The van der Waals surface area contributed by atoms with E-state index >= 15 is 0 Å². The lowest BCUT2D eigenvalue weighted by molar-refractivity contribution is -0.152. The Morgan fingerprint density at radius 1 is 1.69 bits per heavy atom. The first-order valence-corrected chi connectivity index (χ1v) is 4.58. The first-order chi connectivity index (χ1) is 6.00. The second-order valence-electron chi connectivity index (χ2n) is 3.96. The maximum Gasteiger partial charge on any atom is 0.325 e. The number of hydrogen-bond acceptors (Lipinski definition) is 4. The molecule has 2 N–H and O–H groups in total. The van der Waals surface area contributed by atoms with Crippen molar-refractivity contribution in [2.75, 3.05) is 13.2 Å². The predicted octanol–water partition coefficient (Wildman–Crippen LogP) is 0.446. The topological polar surface area (TPSA) is 61.6 Å². The van der Waals surface area contributed by atoms with Gasteiger partial charge in [0.05, 0.1) is 6.10 Å². The van der Waals surface area contributed by atoms with E-state index in [2.05, 4.69) is 0 Å². The average molecular weight is 187 g/mol. The van der Waals surface area contributed by atoms with Crippen molar-refractivity contribution in [3.63, 3.8) is 0 Å². The zero-order chi connectivity index (χ0) is 9.90. The fraction of sp³-hybridized carbons (Fsp3) is 0.889. The number of nitrogens with two attached hydrogens (primary N) is 1. The molecule has 0 aliphatic carbocycles. The molecule has 1 unspecified atom stereocenters. The fourth-order valence-corrected chi connectivity index (χ4v) is 1.13. The Labute approximate surface area is 78.4 Å². The molecule has 1 rings (SSSR count). The Morgan fingerprint density at radius 2 is 2.38 bits per heavy atom. The van der Waals surface area contributed by atoms with E-state index in [0.29, 0.717) is 6.61 Å². The summed E-state index contributed by atoms with van der Waals surface area (Å²) in [7, 11) is 0. The number of rotatable bonds is 3. The average Bonchev–Trinajstić information content (AvgIpc) is 2.50. The Balaban J connectivity index is 2.22. The number of hydrogen-bond donors (Lipinski definition) is 1. The summed E-state index contributed by atoms with van der Waals surface area (Å²) in [6.07, 6.45) is 2.10. The van der Waals surface area contributed by atoms with Crippen molar-refractivity contribution in [2.24, 2.45) is 5.73 Å². The van der Waals surface area contributed by atoms with Gasteiger partial charge in [0.1, 0.15) is 12.1 Å². The minimum atomic E-state index is -0.904. The Kier molecular flexibility index (Phi) is 3.27. The maximum absolute atomic E-state index is 11.2. The van der Waals surface area contributed by atoms with Gasteiger partial charge in [-0.25, -0.2) is 0 Å². The maximum atomic E-state index is 11.2. The second kappa shape index (κ2) is 4.07. The molecule has 1 aliphatic rings. The molecule has 0 saturated carbocycles. The van der Waals surface area contributed by atoms with Gasteiger partial charge < -0.3 is 15.2 Å². The molecule has 1 saturated heterocycles. The minimum Gasteiger partial charge on any atom is -0.462 e. The molecule has 0 radical (unpaired) electrons. The minimum absolute atomic E-state index is 0.0753. The summed E-state index contributed by atoms with van der Waals surface area (Å²) in [5.41, 5.74) is 4.64. The summed E-state index contributed by atoms with van der Waals surface area (Å²) in [5.74, 6) is -0.372. The molecule has 76 valence electrons.